The van der Waals surface area contributed by atoms with E-state index in [4.69, 9.17) is 5.73 Å². The molecule has 0 fully saturated rings. The van der Waals surface area contributed by atoms with Gasteiger partial charge in [-0.05, 0) is 13.8 Å². The van der Waals surface area contributed by atoms with E-state index in [-0.39, 0.29) is 11.0 Å². The van der Waals surface area contributed by atoms with Crippen LogP contribution in [0.4, 0.5) is 5.82 Å². The van der Waals surface area contributed by atoms with Gasteiger partial charge in [0.25, 0.3) is 5.56 Å². The molecule has 102 valence electrons. The fraction of sp³-hybridized carbons (Fsp3) is 0.462. The second-order valence-corrected chi connectivity index (χ2v) is 5.72. The highest BCUT2D eigenvalue weighted by Crippen LogP contribution is 2.23. The van der Waals surface area contributed by atoms with Crippen LogP contribution in [-0.4, -0.2) is 19.7 Å². The lowest BCUT2D eigenvalue weighted by Gasteiger charge is -2.14. The van der Waals surface area contributed by atoms with Crippen LogP contribution in [0.3, 0.4) is 0 Å². The predicted molar refractivity (Wildman–Crippen MR) is 74.6 cm³/mol. The van der Waals surface area contributed by atoms with Crippen LogP contribution in [0.25, 0.3) is 5.95 Å². The van der Waals surface area contributed by atoms with Gasteiger partial charge in [0.05, 0.1) is 5.69 Å². The minimum absolute atomic E-state index is 0.112. The lowest BCUT2D eigenvalue weighted by molar-refractivity contribution is 0.558. The number of nitrogens with one attached hydrogen (secondary N) is 1. The number of hydrogen-bond donors (Lipinski definition) is 2. The maximum absolute atomic E-state index is 11.8. The summed E-state index contributed by atoms with van der Waals surface area (Å²) in [6.45, 7) is 9.68. The molecule has 2 aromatic heterocycles. The first kappa shape index (κ1) is 13.3. The quantitative estimate of drug-likeness (QED) is 0.813. The monoisotopic (exact) mass is 261 g/mol. The Morgan fingerprint density at radius 1 is 1.32 bits per heavy atom. The van der Waals surface area contributed by atoms with E-state index in [0.717, 1.165) is 5.69 Å². The summed E-state index contributed by atoms with van der Waals surface area (Å²) >= 11 is 0. The Morgan fingerprint density at radius 2 is 1.95 bits per heavy atom. The molecule has 2 rings (SSSR count). The van der Waals surface area contributed by atoms with E-state index in [0.29, 0.717) is 23.0 Å². The zero-order valence-electron chi connectivity index (χ0n) is 11.9. The molecular weight excluding hydrogens is 242 g/mol. The van der Waals surface area contributed by atoms with Gasteiger partial charge >= 0.3 is 0 Å². The first-order chi connectivity index (χ1) is 8.70. The lowest BCUT2D eigenvalue weighted by atomic mass is 9.92. The van der Waals surface area contributed by atoms with Crippen molar-refractivity contribution in [3.63, 3.8) is 0 Å². The average Bonchev–Trinajstić information content (AvgIpc) is 2.67. The molecule has 2 heterocycles. The van der Waals surface area contributed by atoms with Crippen molar-refractivity contribution in [2.45, 2.75) is 40.0 Å². The van der Waals surface area contributed by atoms with Gasteiger partial charge in [0.2, 0.25) is 5.95 Å². The van der Waals surface area contributed by atoms with Gasteiger partial charge in [0.1, 0.15) is 5.82 Å². The van der Waals surface area contributed by atoms with Crippen LogP contribution in [0, 0.1) is 13.8 Å². The highest BCUT2D eigenvalue weighted by molar-refractivity contribution is 5.39. The Balaban J connectivity index is 2.60. The topological polar surface area (TPSA) is 89.6 Å². The Bertz CT molecular complexity index is 675. The molecule has 3 N–H and O–H groups in total. The summed E-state index contributed by atoms with van der Waals surface area (Å²) in [6.07, 6.45) is 0. The van der Waals surface area contributed by atoms with Crippen molar-refractivity contribution in [3.05, 3.63) is 33.4 Å². The van der Waals surface area contributed by atoms with E-state index in [2.05, 4.69) is 35.8 Å². The Labute approximate surface area is 111 Å². The van der Waals surface area contributed by atoms with Crippen molar-refractivity contribution in [2.75, 3.05) is 5.73 Å². The Kier molecular flexibility index (Phi) is 2.96. The normalized spacial score (nSPS) is 11.8. The van der Waals surface area contributed by atoms with E-state index < -0.39 is 0 Å². The highest BCUT2D eigenvalue weighted by Gasteiger charge is 2.20. The zero-order valence-corrected chi connectivity index (χ0v) is 11.9. The zero-order chi connectivity index (χ0) is 14.4. The van der Waals surface area contributed by atoms with Crippen LogP contribution in [0.1, 0.15) is 37.7 Å². The number of aromatic amines is 1. The number of H-pyrrole nitrogens is 1. The summed E-state index contributed by atoms with van der Waals surface area (Å²) in [7, 11) is 0. The van der Waals surface area contributed by atoms with Crippen molar-refractivity contribution < 1.29 is 0 Å². The molecule has 0 amide bonds. The number of anilines is 1. The molecule has 0 aliphatic rings. The summed E-state index contributed by atoms with van der Waals surface area (Å²) in [5, 5.41) is 4.42. The third-order valence-electron chi connectivity index (χ3n) is 3.09. The highest BCUT2D eigenvalue weighted by atomic mass is 16.1. The van der Waals surface area contributed by atoms with Crippen molar-refractivity contribution in [1.29, 1.82) is 0 Å². The summed E-state index contributed by atoms with van der Waals surface area (Å²) in [5.41, 5.74) is 7.79. The van der Waals surface area contributed by atoms with Gasteiger partial charge in [0, 0.05) is 22.7 Å². The van der Waals surface area contributed by atoms with Crippen LogP contribution >= 0.6 is 0 Å². The number of nitrogens with two attached hydrogens (primary N) is 1. The molecule has 0 saturated heterocycles. The van der Waals surface area contributed by atoms with Gasteiger partial charge in [-0.25, -0.2) is 4.98 Å². The number of nitrogen functional groups attached to an aromatic ring is 1. The minimum Gasteiger partial charge on any atom is -0.383 e. The van der Waals surface area contributed by atoms with E-state index in [1.165, 1.54) is 4.68 Å². The van der Waals surface area contributed by atoms with Crippen LogP contribution in [0.2, 0.25) is 0 Å². The van der Waals surface area contributed by atoms with Crippen molar-refractivity contribution in [3.8, 4) is 5.95 Å². The summed E-state index contributed by atoms with van der Waals surface area (Å²) < 4.78 is 1.47. The van der Waals surface area contributed by atoms with Gasteiger partial charge < -0.3 is 5.73 Å². The molecule has 0 aliphatic heterocycles. The second kappa shape index (κ2) is 4.22. The standard InChI is InChI=1S/C13H19N5O/c1-7-8(2)15-12(16-11(7)19)18-10(14)6-9(17-18)13(3,4)5/h6H,14H2,1-5H3,(H,15,16,19). The molecule has 0 unspecified atom stereocenters. The number of nitrogens with zero attached hydrogens (tertiary/aromatic N) is 3. The molecule has 0 saturated carbocycles. The number of aryl methyl sites for hydroxylation is 1. The van der Waals surface area contributed by atoms with Crippen LogP contribution in [-0.2, 0) is 5.41 Å². The van der Waals surface area contributed by atoms with E-state index in [1.54, 1.807) is 19.9 Å². The Hall–Kier alpha value is -2.11. The molecule has 0 bridgehead atoms. The lowest BCUT2D eigenvalue weighted by Crippen LogP contribution is -2.19. The molecule has 0 radical (unpaired) electrons. The van der Waals surface area contributed by atoms with Gasteiger partial charge in [0.15, 0.2) is 0 Å². The third kappa shape index (κ3) is 2.38. The smallest absolute Gasteiger partial charge is 0.255 e. The summed E-state index contributed by atoms with van der Waals surface area (Å²) in [5.74, 6) is 0.803. The average molecular weight is 261 g/mol. The van der Waals surface area contributed by atoms with Crippen molar-refractivity contribution in [1.82, 2.24) is 19.7 Å². The number of aromatic nitrogens is 4. The van der Waals surface area contributed by atoms with Gasteiger partial charge in [-0.1, -0.05) is 20.8 Å². The van der Waals surface area contributed by atoms with Gasteiger partial charge in [-0.15, -0.1) is 0 Å². The molecular formula is C13H19N5O. The third-order valence-corrected chi connectivity index (χ3v) is 3.09. The summed E-state index contributed by atoms with van der Waals surface area (Å²) in [4.78, 5) is 18.8. The van der Waals surface area contributed by atoms with E-state index in [9.17, 15) is 4.79 Å². The molecule has 0 aromatic carbocycles. The Morgan fingerprint density at radius 3 is 2.42 bits per heavy atom. The summed E-state index contributed by atoms with van der Waals surface area (Å²) in [6, 6.07) is 1.80. The van der Waals surface area contributed by atoms with E-state index in [1.807, 2.05) is 0 Å². The molecule has 2 aromatic rings. The van der Waals surface area contributed by atoms with Gasteiger partial charge in [-0.2, -0.15) is 9.78 Å². The first-order valence-corrected chi connectivity index (χ1v) is 6.14. The molecule has 19 heavy (non-hydrogen) atoms. The fourth-order valence-corrected chi connectivity index (χ4v) is 1.66. The fourth-order valence-electron chi connectivity index (χ4n) is 1.66. The van der Waals surface area contributed by atoms with Crippen molar-refractivity contribution >= 4 is 5.82 Å². The largest absolute Gasteiger partial charge is 0.383 e. The molecule has 0 aliphatic carbocycles. The molecule has 0 spiro atoms. The SMILES string of the molecule is Cc1nc(-n2nc(C(C)(C)C)cc2N)[nH]c(=O)c1C. The minimum atomic E-state index is -0.172. The molecule has 6 nitrogen and oxygen atoms in total. The maximum Gasteiger partial charge on any atom is 0.255 e. The van der Waals surface area contributed by atoms with Crippen LogP contribution in [0.15, 0.2) is 10.9 Å². The van der Waals surface area contributed by atoms with Crippen LogP contribution in [0.5, 0.6) is 0 Å². The van der Waals surface area contributed by atoms with Crippen molar-refractivity contribution in [2.24, 2.45) is 0 Å². The molecule has 0 atom stereocenters. The van der Waals surface area contributed by atoms with Gasteiger partial charge in [-0.3, -0.25) is 9.78 Å². The second-order valence-electron chi connectivity index (χ2n) is 5.72. The van der Waals surface area contributed by atoms with E-state index >= 15 is 0 Å². The predicted octanol–water partition coefficient (Wildman–Crippen LogP) is 1.45. The van der Waals surface area contributed by atoms with Crippen LogP contribution < -0.4 is 11.3 Å². The number of hydrogen-bond acceptors (Lipinski definition) is 4. The maximum atomic E-state index is 11.8. The number of rotatable bonds is 1. The molecule has 6 heteroatoms. The first-order valence-electron chi connectivity index (χ1n) is 6.14.